The summed E-state index contributed by atoms with van der Waals surface area (Å²) in [6, 6.07) is 8.34. The molecule has 0 amide bonds. The molecule has 0 fully saturated rings. The fourth-order valence-electron chi connectivity index (χ4n) is 0.841. The number of hydrogen-bond donors (Lipinski definition) is 0. The van der Waals surface area contributed by atoms with Gasteiger partial charge in [0.05, 0.1) is 0 Å². The van der Waals surface area contributed by atoms with E-state index in [4.69, 9.17) is 4.74 Å². The van der Waals surface area contributed by atoms with Crippen LogP contribution in [0.5, 0.6) is 5.75 Å². The number of ether oxygens (including phenoxy) is 1. The predicted molar refractivity (Wildman–Crippen MR) is 46.2 cm³/mol. The Labute approximate surface area is 81.1 Å². The molecule has 0 aliphatic carbocycles. The third-order valence-corrected chi connectivity index (χ3v) is 6.39. The standard InChI is InChI=1S/C8H9O.BrH.Zn/c1-2-9-8-6-4-3-5-7-8;;/h4-7H,2H2,1H3;1H;/q;;+1/p-1. The SMILES string of the molecule is CCOc1cc[c]([Zn][Br])cc1. The first-order valence-corrected chi connectivity index (χ1v) is 12.1. The summed E-state index contributed by atoms with van der Waals surface area (Å²) >= 11 is 3.01. The average molecular weight is 266 g/mol. The zero-order valence-electron chi connectivity index (χ0n) is 6.51. The van der Waals surface area contributed by atoms with Gasteiger partial charge < -0.3 is 0 Å². The Bertz CT molecular complexity index is 210. The van der Waals surface area contributed by atoms with E-state index in [2.05, 4.69) is 25.8 Å². The Balaban J connectivity index is 2.66. The van der Waals surface area contributed by atoms with Crippen molar-refractivity contribution in [3.63, 3.8) is 0 Å². The van der Waals surface area contributed by atoms with Gasteiger partial charge in [-0.25, -0.2) is 0 Å². The fraction of sp³-hybridized carbons (Fsp3) is 0.250. The van der Waals surface area contributed by atoms with E-state index < -0.39 is 15.2 Å². The van der Waals surface area contributed by atoms with Crippen LogP contribution in [-0.2, 0) is 15.2 Å². The molecule has 0 aromatic heterocycles. The quantitative estimate of drug-likeness (QED) is 0.761. The van der Waals surface area contributed by atoms with Crippen molar-refractivity contribution in [2.24, 2.45) is 0 Å². The molecule has 0 atom stereocenters. The van der Waals surface area contributed by atoms with Gasteiger partial charge in [-0.15, -0.1) is 0 Å². The maximum absolute atomic E-state index is 5.31. The molecule has 0 N–H and O–H groups in total. The summed E-state index contributed by atoms with van der Waals surface area (Å²) in [5.41, 5.74) is 0. The second kappa shape index (κ2) is 4.89. The van der Waals surface area contributed by atoms with Crippen LogP contribution in [0.4, 0.5) is 0 Å². The first-order chi connectivity index (χ1) is 5.36. The van der Waals surface area contributed by atoms with Gasteiger partial charge in [-0.3, -0.25) is 0 Å². The van der Waals surface area contributed by atoms with Crippen LogP contribution in [0.15, 0.2) is 24.3 Å². The predicted octanol–water partition coefficient (Wildman–Crippen LogP) is 2.10. The summed E-state index contributed by atoms with van der Waals surface area (Å²) in [6.07, 6.45) is 0. The van der Waals surface area contributed by atoms with Crippen LogP contribution in [0.1, 0.15) is 6.92 Å². The number of rotatable bonds is 3. The van der Waals surface area contributed by atoms with E-state index in [1.165, 1.54) is 4.16 Å². The van der Waals surface area contributed by atoms with Crippen molar-refractivity contribution in [3.8, 4) is 5.75 Å². The van der Waals surface area contributed by atoms with Crippen molar-refractivity contribution in [1.82, 2.24) is 0 Å². The molecule has 56 valence electrons. The van der Waals surface area contributed by atoms with Crippen LogP contribution in [-0.4, -0.2) is 6.61 Å². The molecule has 0 unspecified atom stereocenters. The molecule has 0 radical (unpaired) electrons. The monoisotopic (exact) mass is 264 g/mol. The second-order valence-electron chi connectivity index (χ2n) is 2.21. The molecule has 1 nitrogen and oxygen atoms in total. The van der Waals surface area contributed by atoms with Crippen LogP contribution < -0.4 is 8.89 Å². The summed E-state index contributed by atoms with van der Waals surface area (Å²) in [6.45, 7) is 2.74. The van der Waals surface area contributed by atoms with E-state index in [-0.39, 0.29) is 0 Å². The van der Waals surface area contributed by atoms with Crippen LogP contribution in [0.25, 0.3) is 0 Å². The third kappa shape index (κ3) is 2.92. The molecule has 0 aliphatic heterocycles. The van der Waals surface area contributed by atoms with Crippen molar-refractivity contribution in [3.05, 3.63) is 24.3 Å². The van der Waals surface area contributed by atoms with Gasteiger partial charge >= 0.3 is 81.2 Å². The number of benzene rings is 1. The van der Waals surface area contributed by atoms with Gasteiger partial charge in [0.1, 0.15) is 0 Å². The average Bonchev–Trinajstić information content (AvgIpc) is 2.07. The molecular formula is C8H9BrOZn. The molecule has 0 saturated heterocycles. The van der Waals surface area contributed by atoms with E-state index >= 15 is 0 Å². The van der Waals surface area contributed by atoms with Crippen molar-refractivity contribution in [2.45, 2.75) is 6.92 Å². The fourth-order valence-corrected chi connectivity index (χ4v) is 3.65. The summed E-state index contributed by atoms with van der Waals surface area (Å²) in [5, 5.41) is 0. The van der Waals surface area contributed by atoms with Gasteiger partial charge in [0.15, 0.2) is 0 Å². The summed E-state index contributed by atoms with van der Waals surface area (Å²) in [4.78, 5) is 0. The van der Waals surface area contributed by atoms with E-state index in [0.717, 1.165) is 12.4 Å². The Morgan fingerprint density at radius 1 is 1.36 bits per heavy atom. The normalized spacial score (nSPS) is 8.91. The molecule has 0 spiro atoms. The van der Waals surface area contributed by atoms with E-state index in [9.17, 15) is 0 Å². The van der Waals surface area contributed by atoms with Gasteiger partial charge in [0.25, 0.3) is 0 Å². The van der Waals surface area contributed by atoms with Crippen LogP contribution >= 0.6 is 13.6 Å². The van der Waals surface area contributed by atoms with Crippen molar-refractivity contribution in [2.75, 3.05) is 6.61 Å². The van der Waals surface area contributed by atoms with Crippen LogP contribution in [0.3, 0.4) is 0 Å². The van der Waals surface area contributed by atoms with Gasteiger partial charge in [-0.2, -0.15) is 0 Å². The zero-order chi connectivity index (χ0) is 8.10. The molecule has 1 rings (SSSR count). The number of halogens is 1. The molecule has 1 aromatic rings. The molecule has 1 aromatic carbocycles. The van der Waals surface area contributed by atoms with Crippen molar-refractivity contribution < 1.29 is 19.9 Å². The number of hydrogen-bond acceptors (Lipinski definition) is 1. The summed E-state index contributed by atoms with van der Waals surface area (Å²) in [7, 11) is 0. The maximum atomic E-state index is 5.31. The molecule has 3 heteroatoms. The second-order valence-corrected chi connectivity index (χ2v) is 7.40. The van der Waals surface area contributed by atoms with E-state index in [1.54, 1.807) is 0 Å². The third-order valence-electron chi connectivity index (χ3n) is 1.39. The van der Waals surface area contributed by atoms with Gasteiger partial charge in [0.2, 0.25) is 0 Å². The van der Waals surface area contributed by atoms with Crippen LogP contribution in [0.2, 0.25) is 0 Å². The molecular weight excluding hydrogens is 257 g/mol. The Kier molecular flexibility index (Phi) is 4.10. The van der Waals surface area contributed by atoms with Crippen molar-refractivity contribution in [1.29, 1.82) is 0 Å². The summed E-state index contributed by atoms with van der Waals surface area (Å²) < 4.78 is 6.77. The van der Waals surface area contributed by atoms with E-state index in [0.29, 0.717) is 0 Å². The van der Waals surface area contributed by atoms with Crippen molar-refractivity contribution >= 4 is 17.8 Å². The van der Waals surface area contributed by atoms with E-state index in [1.807, 2.05) is 19.1 Å². The Hall–Kier alpha value is 0.123. The topological polar surface area (TPSA) is 9.23 Å². The molecule has 11 heavy (non-hydrogen) atoms. The molecule has 0 bridgehead atoms. The van der Waals surface area contributed by atoms with Crippen LogP contribution in [0, 0.1) is 0 Å². The van der Waals surface area contributed by atoms with Gasteiger partial charge in [-0.1, -0.05) is 0 Å². The van der Waals surface area contributed by atoms with Gasteiger partial charge in [-0.05, 0) is 0 Å². The first kappa shape index (κ1) is 9.21. The Morgan fingerprint density at radius 2 is 2.00 bits per heavy atom. The van der Waals surface area contributed by atoms with Gasteiger partial charge in [0, 0.05) is 0 Å². The zero-order valence-corrected chi connectivity index (χ0v) is 11.1. The first-order valence-electron chi connectivity index (χ1n) is 3.64. The minimum atomic E-state index is -0.561. The molecule has 0 heterocycles. The minimum absolute atomic E-state index is 0.561. The summed E-state index contributed by atoms with van der Waals surface area (Å²) in [5.74, 6) is 0.972. The molecule has 0 aliphatic rings. The molecule has 0 saturated carbocycles. The Morgan fingerprint density at radius 3 is 2.45 bits per heavy atom.